The Balaban J connectivity index is 2.23. The minimum Gasteiger partial charge on any atom is -0.491 e. The summed E-state index contributed by atoms with van der Waals surface area (Å²) in [5.41, 5.74) is 8.26. The Morgan fingerprint density at radius 2 is 2.21 bits per heavy atom. The summed E-state index contributed by atoms with van der Waals surface area (Å²) in [4.78, 5) is 11.2. The molecule has 2 aliphatic heterocycles. The molecule has 1 atom stereocenters. The van der Waals surface area contributed by atoms with E-state index in [9.17, 15) is 4.79 Å². The number of ether oxygens (including phenoxy) is 2. The molecule has 2 N–H and O–H groups in total. The first-order chi connectivity index (χ1) is 6.77. The van der Waals surface area contributed by atoms with E-state index in [1.54, 1.807) is 6.07 Å². The van der Waals surface area contributed by atoms with E-state index in [4.69, 9.17) is 15.2 Å². The molecule has 0 radical (unpaired) electrons. The highest BCUT2D eigenvalue weighted by Gasteiger charge is 2.31. The third-order valence-electron chi connectivity index (χ3n) is 2.67. The van der Waals surface area contributed by atoms with Gasteiger partial charge >= 0.3 is 5.97 Å². The Hall–Kier alpha value is -1.55. The van der Waals surface area contributed by atoms with Crippen molar-refractivity contribution in [3.05, 3.63) is 28.8 Å². The molecule has 1 aromatic carbocycles. The van der Waals surface area contributed by atoms with Gasteiger partial charge in [0.2, 0.25) is 0 Å². The molecule has 1 unspecified atom stereocenters. The third kappa shape index (κ3) is 0.834. The van der Waals surface area contributed by atoms with Gasteiger partial charge in [0.25, 0.3) is 0 Å². The maximum absolute atomic E-state index is 11.2. The number of nitrogens with two attached hydrogens (primary N) is 1. The number of hydrogen-bond donors (Lipinski definition) is 1. The Morgan fingerprint density at radius 1 is 1.36 bits per heavy atom. The lowest BCUT2D eigenvalue weighted by Gasteiger charge is -2.03. The van der Waals surface area contributed by atoms with Gasteiger partial charge < -0.3 is 15.2 Å². The minimum absolute atomic E-state index is 0.0778. The molecule has 0 saturated heterocycles. The van der Waals surface area contributed by atoms with Crippen molar-refractivity contribution < 1.29 is 14.3 Å². The maximum atomic E-state index is 11.2. The molecule has 0 spiro atoms. The number of esters is 1. The van der Waals surface area contributed by atoms with Gasteiger partial charge in [0.1, 0.15) is 19.0 Å². The summed E-state index contributed by atoms with van der Waals surface area (Å²) in [5, 5.41) is 0. The zero-order valence-corrected chi connectivity index (χ0v) is 7.45. The first-order valence-corrected chi connectivity index (χ1v) is 4.48. The van der Waals surface area contributed by atoms with E-state index in [0.717, 1.165) is 16.9 Å². The second kappa shape index (κ2) is 2.48. The lowest BCUT2D eigenvalue weighted by Crippen LogP contribution is -2.10. The molecule has 0 amide bonds. The number of carbonyl (C=O) groups is 1. The summed E-state index contributed by atoms with van der Waals surface area (Å²) < 4.78 is 10.4. The highest BCUT2D eigenvalue weighted by atomic mass is 16.5. The Labute approximate surface area is 80.6 Å². The molecule has 3 rings (SSSR count). The van der Waals surface area contributed by atoms with Crippen LogP contribution in [0, 0.1) is 0 Å². The van der Waals surface area contributed by atoms with Gasteiger partial charge in [-0.1, -0.05) is 6.07 Å². The van der Waals surface area contributed by atoms with Crippen LogP contribution >= 0.6 is 0 Å². The van der Waals surface area contributed by atoms with Gasteiger partial charge in [-0.05, 0) is 6.07 Å². The minimum atomic E-state index is -0.271. The van der Waals surface area contributed by atoms with Crippen LogP contribution in [0.15, 0.2) is 12.1 Å². The molecule has 0 fully saturated rings. The zero-order valence-electron chi connectivity index (χ0n) is 7.45. The fraction of sp³-hybridized carbons (Fsp3) is 0.300. The largest absolute Gasteiger partial charge is 0.491 e. The van der Waals surface area contributed by atoms with Gasteiger partial charge in [0, 0.05) is 11.1 Å². The number of hydrogen-bond acceptors (Lipinski definition) is 4. The Kier molecular flexibility index (Phi) is 1.39. The van der Waals surface area contributed by atoms with Crippen molar-refractivity contribution >= 4 is 5.97 Å². The first kappa shape index (κ1) is 7.82. The molecule has 4 nitrogen and oxygen atoms in total. The summed E-state index contributed by atoms with van der Waals surface area (Å²) in [7, 11) is 0. The SMILES string of the molecule is NC1COc2c1ccc1c2COC1=O. The summed E-state index contributed by atoms with van der Waals surface area (Å²) in [5.74, 6) is 0.479. The molecular formula is C10H9NO3. The number of benzene rings is 1. The molecular weight excluding hydrogens is 182 g/mol. The molecule has 0 aromatic heterocycles. The van der Waals surface area contributed by atoms with E-state index in [1.807, 2.05) is 6.07 Å². The predicted molar refractivity (Wildman–Crippen MR) is 48.0 cm³/mol. The molecule has 1 aromatic rings. The van der Waals surface area contributed by atoms with Crippen LogP contribution in [0.5, 0.6) is 5.75 Å². The monoisotopic (exact) mass is 191 g/mol. The van der Waals surface area contributed by atoms with Gasteiger partial charge in [-0.3, -0.25) is 0 Å². The van der Waals surface area contributed by atoms with Crippen LogP contribution in [0.1, 0.15) is 27.5 Å². The summed E-state index contributed by atoms with van der Waals surface area (Å²) >= 11 is 0. The van der Waals surface area contributed by atoms with Crippen molar-refractivity contribution in [2.75, 3.05) is 6.61 Å². The van der Waals surface area contributed by atoms with Crippen molar-refractivity contribution in [3.63, 3.8) is 0 Å². The number of cyclic esters (lactones) is 1. The Morgan fingerprint density at radius 3 is 3.07 bits per heavy atom. The van der Waals surface area contributed by atoms with E-state index in [2.05, 4.69) is 0 Å². The van der Waals surface area contributed by atoms with Gasteiger partial charge in [0.15, 0.2) is 0 Å². The van der Waals surface area contributed by atoms with Crippen molar-refractivity contribution in [2.24, 2.45) is 5.73 Å². The van der Waals surface area contributed by atoms with E-state index in [0.29, 0.717) is 18.8 Å². The van der Waals surface area contributed by atoms with Crippen LogP contribution < -0.4 is 10.5 Å². The van der Waals surface area contributed by atoms with Crippen molar-refractivity contribution in [1.29, 1.82) is 0 Å². The van der Waals surface area contributed by atoms with Crippen LogP contribution in [0.2, 0.25) is 0 Å². The van der Waals surface area contributed by atoms with Crippen molar-refractivity contribution in [3.8, 4) is 5.75 Å². The standard InChI is InChI=1S/C10H9NO3/c11-8-4-13-9-6(8)2-1-5-7(9)3-14-10(5)12/h1-2,8H,3-4,11H2. The molecule has 72 valence electrons. The molecule has 0 saturated carbocycles. The molecule has 2 aliphatic rings. The van der Waals surface area contributed by atoms with E-state index in [-0.39, 0.29) is 12.0 Å². The normalized spacial score (nSPS) is 22.6. The third-order valence-corrected chi connectivity index (χ3v) is 2.67. The summed E-state index contributed by atoms with van der Waals surface area (Å²) in [6, 6.07) is 3.53. The smallest absolute Gasteiger partial charge is 0.339 e. The van der Waals surface area contributed by atoms with Crippen molar-refractivity contribution in [1.82, 2.24) is 0 Å². The van der Waals surface area contributed by atoms with E-state index in [1.165, 1.54) is 0 Å². The number of fused-ring (bicyclic) bond motifs is 3. The molecule has 14 heavy (non-hydrogen) atoms. The molecule has 2 heterocycles. The first-order valence-electron chi connectivity index (χ1n) is 4.48. The predicted octanol–water partition coefficient (Wildman–Crippen LogP) is 0.749. The van der Waals surface area contributed by atoms with Crippen LogP contribution in [-0.2, 0) is 11.3 Å². The molecule has 4 heteroatoms. The zero-order chi connectivity index (χ0) is 9.71. The van der Waals surface area contributed by atoms with Gasteiger partial charge in [-0.2, -0.15) is 0 Å². The lowest BCUT2D eigenvalue weighted by molar-refractivity contribution is 0.0534. The average molecular weight is 191 g/mol. The number of rotatable bonds is 0. The average Bonchev–Trinajstić information content (AvgIpc) is 2.72. The van der Waals surface area contributed by atoms with Crippen LogP contribution in [0.3, 0.4) is 0 Å². The van der Waals surface area contributed by atoms with Crippen LogP contribution in [-0.4, -0.2) is 12.6 Å². The molecule has 0 bridgehead atoms. The molecule has 0 aliphatic carbocycles. The summed E-state index contributed by atoms with van der Waals surface area (Å²) in [6.45, 7) is 0.796. The highest BCUT2D eigenvalue weighted by Crippen LogP contribution is 2.39. The topological polar surface area (TPSA) is 61.6 Å². The number of carbonyl (C=O) groups excluding carboxylic acids is 1. The maximum Gasteiger partial charge on any atom is 0.339 e. The highest BCUT2D eigenvalue weighted by molar-refractivity contribution is 5.94. The van der Waals surface area contributed by atoms with Gasteiger partial charge in [0.05, 0.1) is 11.6 Å². The summed E-state index contributed by atoms with van der Waals surface area (Å²) in [6.07, 6.45) is 0. The van der Waals surface area contributed by atoms with Crippen LogP contribution in [0.4, 0.5) is 0 Å². The fourth-order valence-electron chi connectivity index (χ4n) is 1.92. The van der Waals surface area contributed by atoms with Gasteiger partial charge in [-0.25, -0.2) is 4.79 Å². The van der Waals surface area contributed by atoms with E-state index >= 15 is 0 Å². The second-order valence-corrected chi connectivity index (χ2v) is 3.50. The van der Waals surface area contributed by atoms with Crippen LogP contribution in [0.25, 0.3) is 0 Å². The van der Waals surface area contributed by atoms with Crippen molar-refractivity contribution in [2.45, 2.75) is 12.6 Å². The quantitative estimate of drug-likeness (QED) is 0.614. The lowest BCUT2D eigenvalue weighted by atomic mass is 10.0. The second-order valence-electron chi connectivity index (χ2n) is 3.50. The Bertz CT molecular complexity index is 428. The van der Waals surface area contributed by atoms with E-state index < -0.39 is 0 Å². The van der Waals surface area contributed by atoms with Gasteiger partial charge in [-0.15, -0.1) is 0 Å². The fourth-order valence-corrected chi connectivity index (χ4v) is 1.92.